The van der Waals surface area contributed by atoms with Crippen molar-refractivity contribution in [1.29, 1.82) is 5.26 Å². The molecular weight excluding hydrogens is 478 g/mol. The van der Waals surface area contributed by atoms with Crippen LogP contribution >= 0.6 is 11.3 Å². The van der Waals surface area contributed by atoms with Gasteiger partial charge in [-0.3, -0.25) is 0 Å². The molecule has 5 rings (SSSR count). The zero-order chi connectivity index (χ0) is 26.0. The van der Waals surface area contributed by atoms with E-state index in [9.17, 15) is 10.1 Å². The molecule has 0 saturated carbocycles. The van der Waals surface area contributed by atoms with E-state index >= 15 is 0 Å². The number of carbonyl (C=O) groups is 1. The van der Waals surface area contributed by atoms with Crippen molar-refractivity contribution in [3.05, 3.63) is 80.6 Å². The number of para-hydroxylation sites is 1. The normalized spacial score (nSPS) is 17.9. The van der Waals surface area contributed by atoms with E-state index in [0.29, 0.717) is 11.3 Å². The number of hydrogen-bond donors (Lipinski definition) is 0. The summed E-state index contributed by atoms with van der Waals surface area (Å²) in [5, 5.41) is 9.80. The molecule has 2 aromatic carbocycles. The van der Waals surface area contributed by atoms with Crippen molar-refractivity contribution in [2.45, 2.75) is 51.9 Å². The van der Waals surface area contributed by atoms with E-state index in [4.69, 9.17) is 9.72 Å². The van der Waals surface area contributed by atoms with Crippen LogP contribution in [0.5, 0.6) is 0 Å². The minimum Gasteiger partial charge on any atom is -0.461 e. The first-order valence-electron chi connectivity index (χ1n) is 12.9. The van der Waals surface area contributed by atoms with Gasteiger partial charge in [0.05, 0.1) is 16.8 Å². The number of rotatable bonds is 6. The van der Waals surface area contributed by atoms with Gasteiger partial charge in [0.2, 0.25) is 0 Å². The Labute approximate surface area is 222 Å². The Morgan fingerprint density at radius 1 is 1.19 bits per heavy atom. The fourth-order valence-corrected chi connectivity index (χ4v) is 6.21. The third-order valence-corrected chi connectivity index (χ3v) is 8.21. The maximum absolute atomic E-state index is 12.7. The van der Waals surface area contributed by atoms with Gasteiger partial charge >= 0.3 is 5.97 Å². The van der Waals surface area contributed by atoms with Crippen LogP contribution in [0.2, 0.25) is 0 Å². The fourth-order valence-electron chi connectivity index (χ4n) is 5.24. The van der Waals surface area contributed by atoms with E-state index in [2.05, 4.69) is 49.1 Å². The monoisotopic (exact) mass is 509 g/mol. The lowest BCUT2D eigenvalue weighted by Crippen LogP contribution is -2.29. The number of anilines is 1. The molecule has 2 aliphatic rings. The number of unbranched alkanes of at least 4 members (excludes halogenated alkanes) is 1. The van der Waals surface area contributed by atoms with Crippen LogP contribution in [-0.4, -0.2) is 24.1 Å². The molecule has 1 aromatic heterocycles. The van der Waals surface area contributed by atoms with Crippen LogP contribution in [0.3, 0.4) is 0 Å². The molecule has 0 bridgehead atoms. The molecule has 0 fully saturated rings. The van der Waals surface area contributed by atoms with Gasteiger partial charge in [0.1, 0.15) is 10.7 Å². The summed E-state index contributed by atoms with van der Waals surface area (Å²) >= 11 is 1.36. The Morgan fingerprint density at radius 3 is 2.76 bits per heavy atom. The molecule has 0 radical (unpaired) electrons. The molecule has 3 aromatic rings. The summed E-state index contributed by atoms with van der Waals surface area (Å²) in [5.41, 5.74) is 6.94. The van der Waals surface area contributed by atoms with E-state index in [1.807, 2.05) is 43.3 Å². The van der Waals surface area contributed by atoms with Gasteiger partial charge in [0, 0.05) is 28.9 Å². The molecular formula is C31H31N3O2S. The molecule has 0 atom stereocenters. The summed E-state index contributed by atoms with van der Waals surface area (Å²) in [6, 6.07) is 18.6. The molecule has 0 N–H and O–H groups in total. The largest absolute Gasteiger partial charge is 0.461 e. The molecule has 0 unspecified atom stereocenters. The second kappa shape index (κ2) is 10.4. The highest BCUT2D eigenvalue weighted by Crippen LogP contribution is 2.50. The van der Waals surface area contributed by atoms with Crippen molar-refractivity contribution >= 4 is 34.6 Å². The minimum absolute atomic E-state index is 0.0418. The lowest BCUT2D eigenvalue weighted by molar-refractivity contribution is -0.136. The van der Waals surface area contributed by atoms with Gasteiger partial charge in [0.25, 0.3) is 0 Å². The van der Waals surface area contributed by atoms with E-state index in [1.165, 1.54) is 33.8 Å². The maximum Gasteiger partial charge on any atom is 0.352 e. The summed E-state index contributed by atoms with van der Waals surface area (Å²) in [7, 11) is 0. The van der Waals surface area contributed by atoms with Crippen molar-refractivity contribution in [3.63, 3.8) is 0 Å². The second-order valence-electron chi connectivity index (χ2n) is 9.99. The molecule has 3 heterocycles. The topological polar surface area (TPSA) is 66.2 Å². The number of esters is 1. The van der Waals surface area contributed by atoms with Crippen LogP contribution in [-0.2, 0) is 21.4 Å². The van der Waals surface area contributed by atoms with Gasteiger partial charge in [0.15, 0.2) is 5.57 Å². The number of aromatic nitrogens is 1. The van der Waals surface area contributed by atoms with Crippen LogP contribution < -0.4 is 14.1 Å². The van der Waals surface area contributed by atoms with E-state index in [1.54, 1.807) is 0 Å². The van der Waals surface area contributed by atoms with Crippen molar-refractivity contribution < 1.29 is 9.53 Å². The van der Waals surface area contributed by atoms with E-state index < -0.39 is 5.97 Å². The Hall–Kier alpha value is -3.69. The Kier molecular flexibility index (Phi) is 6.99. The average Bonchev–Trinajstić information content (AvgIpc) is 3.42. The SMILES string of the molecule is CCCCOC(=O)/C(C#N)=c1/nc(-c2ccccc2)/c(=C\C=C2/N3CCCc4cccc(c43)C2(C)C)s1. The van der Waals surface area contributed by atoms with Crippen molar-refractivity contribution in [2.24, 2.45) is 0 Å². The Bertz CT molecular complexity index is 1530. The summed E-state index contributed by atoms with van der Waals surface area (Å²) in [6.45, 7) is 7.90. The number of allylic oxidation sites excluding steroid dienone is 2. The van der Waals surface area contributed by atoms with E-state index in [-0.39, 0.29) is 11.0 Å². The molecule has 5 nitrogen and oxygen atoms in total. The van der Waals surface area contributed by atoms with Gasteiger partial charge in [-0.2, -0.15) is 5.26 Å². The van der Waals surface area contributed by atoms with Crippen LogP contribution in [0.4, 0.5) is 5.69 Å². The molecule has 37 heavy (non-hydrogen) atoms. The Morgan fingerprint density at radius 2 is 2.00 bits per heavy atom. The number of nitriles is 1. The highest BCUT2D eigenvalue weighted by Gasteiger charge is 2.41. The molecule has 0 aliphatic carbocycles. The van der Waals surface area contributed by atoms with Gasteiger partial charge < -0.3 is 9.64 Å². The van der Waals surface area contributed by atoms with Crippen molar-refractivity contribution in [2.75, 3.05) is 18.1 Å². The standard InChI is InChI=1S/C31H31N3O2S/c1-4-5-19-36-30(35)23(20-32)29-33-27(21-11-7-6-8-12-21)25(37-29)16-17-26-31(2,3)24-15-9-13-22-14-10-18-34(26)28(22)24/h6-9,11-13,15-17H,4-5,10,14,18-19H2,1-3H3/b25-16+,26-17-,29-23-. The minimum atomic E-state index is -0.609. The first-order valence-corrected chi connectivity index (χ1v) is 13.7. The predicted molar refractivity (Wildman–Crippen MR) is 149 cm³/mol. The summed E-state index contributed by atoms with van der Waals surface area (Å²) < 4.78 is 6.63. The van der Waals surface area contributed by atoms with Crippen LogP contribution in [0, 0.1) is 11.3 Å². The number of thiazole rings is 1. The van der Waals surface area contributed by atoms with Crippen LogP contribution in [0.15, 0.2) is 60.3 Å². The van der Waals surface area contributed by atoms with Crippen LogP contribution in [0.25, 0.3) is 22.9 Å². The molecule has 0 saturated heterocycles. The number of benzene rings is 2. The van der Waals surface area contributed by atoms with Crippen molar-refractivity contribution in [1.82, 2.24) is 4.98 Å². The lowest BCUT2D eigenvalue weighted by atomic mass is 9.83. The fraction of sp³-hybridized carbons (Fsp3) is 0.323. The number of nitrogens with zero attached hydrogens (tertiary/aromatic N) is 3. The van der Waals surface area contributed by atoms with Crippen molar-refractivity contribution in [3.8, 4) is 17.3 Å². The molecule has 0 spiro atoms. The van der Waals surface area contributed by atoms with E-state index in [0.717, 1.165) is 48.0 Å². The zero-order valence-electron chi connectivity index (χ0n) is 21.6. The summed E-state index contributed by atoms with van der Waals surface area (Å²) in [5.74, 6) is -0.609. The number of ether oxygens (including phenoxy) is 1. The third kappa shape index (κ3) is 4.60. The summed E-state index contributed by atoms with van der Waals surface area (Å²) in [6.07, 6.45) is 8.22. The molecule has 188 valence electrons. The average molecular weight is 510 g/mol. The number of carbonyl (C=O) groups excluding carboxylic acids is 1. The van der Waals surface area contributed by atoms with Gasteiger partial charge in [-0.25, -0.2) is 9.78 Å². The number of hydrogen-bond acceptors (Lipinski definition) is 6. The first-order chi connectivity index (χ1) is 18.0. The first kappa shape index (κ1) is 25.0. The maximum atomic E-state index is 12.7. The smallest absolute Gasteiger partial charge is 0.352 e. The van der Waals surface area contributed by atoms with Gasteiger partial charge in [-0.15, -0.1) is 11.3 Å². The quantitative estimate of drug-likeness (QED) is 0.336. The predicted octanol–water partition coefficient (Wildman–Crippen LogP) is 5.24. The highest BCUT2D eigenvalue weighted by molar-refractivity contribution is 7.08. The van der Waals surface area contributed by atoms with Gasteiger partial charge in [-0.1, -0.05) is 75.7 Å². The zero-order valence-corrected chi connectivity index (χ0v) is 22.4. The number of aryl methyl sites for hydroxylation is 1. The molecule has 6 heteroatoms. The summed E-state index contributed by atoms with van der Waals surface area (Å²) in [4.78, 5) is 19.9. The van der Waals surface area contributed by atoms with Crippen LogP contribution in [0.1, 0.15) is 51.2 Å². The lowest BCUT2D eigenvalue weighted by Gasteiger charge is -2.30. The second-order valence-corrected chi connectivity index (χ2v) is 11.0. The molecule has 0 amide bonds. The third-order valence-electron chi connectivity index (χ3n) is 7.18. The Balaban J connectivity index is 1.65. The van der Waals surface area contributed by atoms with Gasteiger partial charge in [-0.05, 0) is 42.5 Å². The molecule has 2 aliphatic heterocycles. The highest BCUT2D eigenvalue weighted by atomic mass is 32.1.